The first kappa shape index (κ1) is 15.9. The molecule has 0 saturated carbocycles. The molecule has 0 bridgehead atoms. The molecule has 1 heterocycles. The van der Waals surface area contributed by atoms with Gasteiger partial charge in [-0.25, -0.2) is 0 Å². The van der Waals surface area contributed by atoms with Crippen LogP contribution in [0.5, 0.6) is 0 Å². The molecule has 0 fully saturated rings. The van der Waals surface area contributed by atoms with E-state index >= 15 is 0 Å². The first-order valence-electron chi connectivity index (χ1n) is 6.41. The average molecular weight is 286 g/mol. The van der Waals surface area contributed by atoms with E-state index in [0.717, 1.165) is 25.9 Å². The summed E-state index contributed by atoms with van der Waals surface area (Å²) < 4.78 is 27.8. The summed E-state index contributed by atoms with van der Waals surface area (Å²) in [6.07, 6.45) is 4.96. The van der Waals surface area contributed by atoms with E-state index in [9.17, 15) is 8.42 Å². The molecule has 0 spiro atoms. The number of pyridine rings is 1. The van der Waals surface area contributed by atoms with E-state index in [1.807, 2.05) is 0 Å². The predicted octanol–water partition coefficient (Wildman–Crippen LogP) is 1.06. The van der Waals surface area contributed by atoms with E-state index in [4.69, 9.17) is 0 Å². The van der Waals surface area contributed by atoms with Gasteiger partial charge >= 0.3 is 10.2 Å². The third-order valence-corrected chi connectivity index (χ3v) is 4.09. The van der Waals surface area contributed by atoms with Gasteiger partial charge in [-0.2, -0.15) is 12.7 Å². The van der Waals surface area contributed by atoms with Crippen molar-refractivity contribution < 1.29 is 8.42 Å². The number of aromatic nitrogens is 1. The normalized spacial score (nSPS) is 11.7. The summed E-state index contributed by atoms with van der Waals surface area (Å²) in [6.45, 7) is 4.37. The lowest BCUT2D eigenvalue weighted by molar-refractivity contribution is 0.458. The Hall–Kier alpha value is -1.18. The molecule has 19 heavy (non-hydrogen) atoms. The highest BCUT2D eigenvalue weighted by molar-refractivity contribution is 7.90. The van der Waals surface area contributed by atoms with Gasteiger partial charge in [0.05, 0.1) is 5.69 Å². The summed E-state index contributed by atoms with van der Waals surface area (Å²) in [5, 5.41) is 3.24. The van der Waals surface area contributed by atoms with Crippen LogP contribution >= 0.6 is 0 Å². The molecule has 0 unspecified atom stereocenters. The van der Waals surface area contributed by atoms with Crippen molar-refractivity contribution in [3.8, 4) is 0 Å². The van der Waals surface area contributed by atoms with Crippen molar-refractivity contribution in [1.29, 1.82) is 0 Å². The first-order chi connectivity index (χ1) is 9.06. The Bertz CT molecular complexity index is 450. The highest BCUT2D eigenvalue weighted by Crippen LogP contribution is 2.08. The Morgan fingerprint density at radius 2 is 1.95 bits per heavy atom. The zero-order chi connectivity index (χ0) is 14.1. The van der Waals surface area contributed by atoms with E-state index in [1.165, 1.54) is 4.31 Å². The standard InChI is InChI=1S/C12H22N4O2S/c1-3-7-13-8-4-11-16(2)19(17,18)15-12-5-9-14-10-6-12/h5-6,9-10,13H,3-4,7-8,11H2,1-2H3,(H,14,15). The number of nitrogens with one attached hydrogen (secondary N) is 2. The SMILES string of the molecule is CCCNCCCN(C)S(=O)(=O)Nc1ccncc1. The van der Waals surface area contributed by atoms with Gasteiger partial charge in [0, 0.05) is 26.0 Å². The van der Waals surface area contributed by atoms with Crippen LogP contribution in [0.3, 0.4) is 0 Å². The van der Waals surface area contributed by atoms with E-state index in [-0.39, 0.29) is 0 Å². The van der Waals surface area contributed by atoms with Gasteiger partial charge in [-0.05, 0) is 38.1 Å². The molecule has 108 valence electrons. The van der Waals surface area contributed by atoms with Gasteiger partial charge in [0.2, 0.25) is 0 Å². The van der Waals surface area contributed by atoms with Crippen molar-refractivity contribution in [2.45, 2.75) is 19.8 Å². The molecule has 0 aromatic carbocycles. The van der Waals surface area contributed by atoms with Crippen LogP contribution in [0.25, 0.3) is 0 Å². The van der Waals surface area contributed by atoms with Crippen LogP contribution in [-0.4, -0.2) is 44.4 Å². The molecular formula is C12H22N4O2S. The smallest absolute Gasteiger partial charge is 0.301 e. The lowest BCUT2D eigenvalue weighted by Crippen LogP contribution is -2.34. The van der Waals surface area contributed by atoms with Gasteiger partial charge in [-0.3, -0.25) is 9.71 Å². The van der Waals surface area contributed by atoms with Crippen molar-refractivity contribution in [2.75, 3.05) is 31.4 Å². The number of anilines is 1. The molecule has 7 heteroatoms. The second kappa shape index (κ2) is 8.08. The minimum Gasteiger partial charge on any atom is -0.317 e. The van der Waals surface area contributed by atoms with Crippen LogP contribution in [0.2, 0.25) is 0 Å². The number of rotatable bonds is 9. The lowest BCUT2D eigenvalue weighted by atomic mass is 10.4. The summed E-state index contributed by atoms with van der Waals surface area (Å²) in [5.74, 6) is 0. The van der Waals surface area contributed by atoms with Crippen LogP contribution < -0.4 is 10.0 Å². The van der Waals surface area contributed by atoms with Gasteiger partial charge in [-0.15, -0.1) is 0 Å². The van der Waals surface area contributed by atoms with Crippen LogP contribution in [0.15, 0.2) is 24.5 Å². The van der Waals surface area contributed by atoms with Crippen LogP contribution in [0.4, 0.5) is 5.69 Å². The van der Waals surface area contributed by atoms with Crippen LogP contribution in [-0.2, 0) is 10.2 Å². The molecule has 0 atom stereocenters. The summed E-state index contributed by atoms with van der Waals surface area (Å²) in [7, 11) is -1.91. The molecule has 6 nitrogen and oxygen atoms in total. The number of hydrogen-bond donors (Lipinski definition) is 2. The van der Waals surface area contributed by atoms with Gasteiger partial charge in [-0.1, -0.05) is 6.92 Å². The monoisotopic (exact) mass is 286 g/mol. The maximum atomic E-state index is 12.0. The van der Waals surface area contributed by atoms with E-state index in [0.29, 0.717) is 12.2 Å². The third kappa shape index (κ3) is 6.00. The highest BCUT2D eigenvalue weighted by atomic mass is 32.2. The molecule has 0 aliphatic carbocycles. The maximum absolute atomic E-state index is 12.0. The van der Waals surface area contributed by atoms with Gasteiger partial charge in [0.1, 0.15) is 0 Å². The summed E-state index contributed by atoms with van der Waals surface area (Å²) in [5.41, 5.74) is 0.519. The Morgan fingerprint density at radius 3 is 2.58 bits per heavy atom. The molecule has 2 N–H and O–H groups in total. The predicted molar refractivity (Wildman–Crippen MR) is 77.2 cm³/mol. The fraction of sp³-hybridized carbons (Fsp3) is 0.583. The average Bonchev–Trinajstić information content (AvgIpc) is 2.39. The Kier molecular flexibility index (Phi) is 6.75. The largest absolute Gasteiger partial charge is 0.317 e. The third-order valence-electron chi connectivity index (χ3n) is 2.59. The van der Waals surface area contributed by atoms with E-state index in [1.54, 1.807) is 31.6 Å². The van der Waals surface area contributed by atoms with E-state index in [2.05, 4.69) is 21.9 Å². The zero-order valence-corrected chi connectivity index (χ0v) is 12.3. The molecule has 0 saturated heterocycles. The van der Waals surface area contributed by atoms with Crippen LogP contribution in [0, 0.1) is 0 Å². The van der Waals surface area contributed by atoms with Crippen molar-refractivity contribution in [3.63, 3.8) is 0 Å². The Morgan fingerprint density at radius 1 is 1.26 bits per heavy atom. The maximum Gasteiger partial charge on any atom is 0.301 e. The molecule has 1 rings (SSSR count). The number of hydrogen-bond acceptors (Lipinski definition) is 4. The van der Waals surface area contributed by atoms with Crippen molar-refractivity contribution in [1.82, 2.24) is 14.6 Å². The van der Waals surface area contributed by atoms with Gasteiger partial charge < -0.3 is 5.32 Å². The second-order valence-electron chi connectivity index (χ2n) is 4.27. The lowest BCUT2D eigenvalue weighted by Gasteiger charge is -2.18. The summed E-state index contributed by atoms with van der Waals surface area (Å²) >= 11 is 0. The minimum absolute atomic E-state index is 0.483. The van der Waals surface area contributed by atoms with Crippen molar-refractivity contribution in [3.05, 3.63) is 24.5 Å². The van der Waals surface area contributed by atoms with Crippen LogP contribution in [0.1, 0.15) is 19.8 Å². The van der Waals surface area contributed by atoms with Crippen molar-refractivity contribution >= 4 is 15.9 Å². The first-order valence-corrected chi connectivity index (χ1v) is 7.85. The quantitative estimate of drug-likeness (QED) is 0.666. The fourth-order valence-corrected chi connectivity index (χ4v) is 2.45. The second-order valence-corrected chi connectivity index (χ2v) is 6.05. The molecule has 1 aromatic heterocycles. The fourth-order valence-electron chi connectivity index (χ4n) is 1.50. The Balaban J connectivity index is 2.39. The van der Waals surface area contributed by atoms with Gasteiger partial charge in [0.15, 0.2) is 0 Å². The van der Waals surface area contributed by atoms with Gasteiger partial charge in [0.25, 0.3) is 0 Å². The molecule has 0 aliphatic rings. The van der Waals surface area contributed by atoms with E-state index < -0.39 is 10.2 Å². The summed E-state index contributed by atoms with van der Waals surface area (Å²) in [6, 6.07) is 3.24. The minimum atomic E-state index is -3.48. The summed E-state index contributed by atoms with van der Waals surface area (Å²) in [4.78, 5) is 3.84. The zero-order valence-electron chi connectivity index (χ0n) is 11.5. The molecule has 1 aromatic rings. The molecule has 0 amide bonds. The Labute approximate surface area is 115 Å². The highest BCUT2D eigenvalue weighted by Gasteiger charge is 2.16. The number of nitrogens with zero attached hydrogens (tertiary/aromatic N) is 2. The topological polar surface area (TPSA) is 74.3 Å². The molecular weight excluding hydrogens is 264 g/mol. The molecule has 0 radical (unpaired) electrons. The molecule has 0 aliphatic heterocycles. The van der Waals surface area contributed by atoms with Crippen molar-refractivity contribution in [2.24, 2.45) is 0 Å².